The number of pyridine rings is 1. The molecule has 3 heteroatoms. The van der Waals surface area contributed by atoms with Gasteiger partial charge >= 0.3 is 0 Å². The van der Waals surface area contributed by atoms with Gasteiger partial charge in [0.05, 0.1) is 0 Å². The monoisotopic (exact) mass is 218 g/mol. The Balaban J connectivity index is 2.26. The number of nitrogen functional groups attached to an aromatic ring is 1. The van der Waals surface area contributed by atoms with Gasteiger partial charge in [-0.1, -0.05) is 29.8 Å². The van der Waals surface area contributed by atoms with E-state index in [4.69, 9.17) is 17.3 Å². The van der Waals surface area contributed by atoms with Crippen LogP contribution in [0.4, 0.5) is 5.69 Å². The summed E-state index contributed by atoms with van der Waals surface area (Å²) in [5.74, 6) is 0. The quantitative estimate of drug-likeness (QED) is 0.622. The van der Waals surface area contributed by atoms with Gasteiger partial charge in [-0.25, -0.2) is 4.98 Å². The molecule has 0 saturated carbocycles. The van der Waals surface area contributed by atoms with Gasteiger partial charge in [0, 0.05) is 18.3 Å². The number of nitrogens with zero attached hydrogens (tertiary/aromatic N) is 1. The highest BCUT2D eigenvalue weighted by Crippen LogP contribution is 2.17. The SMILES string of the molecule is Nc1cccc(Cc2cccnc2Cl)c1. The average Bonchev–Trinajstić information content (AvgIpc) is 2.22. The van der Waals surface area contributed by atoms with Crippen LogP contribution in [0.2, 0.25) is 5.15 Å². The Bertz CT molecular complexity index is 469. The molecule has 0 fully saturated rings. The molecule has 0 aliphatic rings. The van der Waals surface area contributed by atoms with E-state index in [-0.39, 0.29) is 0 Å². The van der Waals surface area contributed by atoms with E-state index >= 15 is 0 Å². The summed E-state index contributed by atoms with van der Waals surface area (Å²) in [5.41, 5.74) is 8.63. The first-order chi connectivity index (χ1) is 7.25. The third kappa shape index (κ3) is 2.48. The molecular formula is C12H11ClN2. The Morgan fingerprint density at radius 2 is 2.07 bits per heavy atom. The van der Waals surface area contributed by atoms with Crippen molar-refractivity contribution in [3.63, 3.8) is 0 Å². The number of aromatic nitrogens is 1. The van der Waals surface area contributed by atoms with Crippen LogP contribution in [0.3, 0.4) is 0 Å². The number of rotatable bonds is 2. The number of nitrogens with two attached hydrogens (primary N) is 1. The largest absolute Gasteiger partial charge is 0.399 e. The average molecular weight is 219 g/mol. The highest BCUT2D eigenvalue weighted by atomic mass is 35.5. The van der Waals surface area contributed by atoms with Crippen LogP contribution in [0.25, 0.3) is 0 Å². The van der Waals surface area contributed by atoms with E-state index in [0.717, 1.165) is 23.2 Å². The van der Waals surface area contributed by atoms with Crippen molar-refractivity contribution in [2.75, 3.05) is 5.73 Å². The predicted molar refractivity (Wildman–Crippen MR) is 62.9 cm³/mol. The van der Waals surface area contributed by atoms with Gasteiger partial charge in [-0.3, -0.25) is 0 Å². The second-order valence-corrected chi connectivity index (χ2v) is 3.73. The summed E-state index contributed by atoms with van der Waals surface area (Å²) in [6.07, 6.45) is 2.45. The summed E-state index contributed by atoms with van der Waals surface area (Å²) >= 11 is 5.97. The molecule has 0 atom stereocenters. The molecule has 0 saturated heterocycles. The van der Waals surface area contributed by atoms with E-state index in [0.29, 0.717) is 5.15 Å². The molecule has 0 radical (unpaired) electrons. The van der Waals surface area contributed by atoms with Crippen LogP contribution in [-0.4, -0.2) is 4.98 Å². The molecule has 0 spiro atoms. The molecule has 76 valence electrons. The Hall–Kier alpha value is -1.54. The fourth-order valence-corrected chi connectivity index (χ4v) is 1.66. The van der Waals surface area contributed by atoms with Crippen LogP contribution in [0.1, 0.15) is 11.1 Å². The topological polar surface area (TPSA) is 38.9 Å². The summed E-state index contributed by atoms with van der Waals surface area (Å²) in [6, 6.07) is 11.6. The van der Waals surface area contributed by atoms with Crippen molar-refractivity contribution >= 4 is 17.3 Å². The Morgan fingerprint density at radius 1 is 1.20 bits per heavy atom. The van der Waals surface area contributed by atoms with Crippen LogP contribution in [0, 0.1) is 0 Å². The van der Waals surface area contributed by atoms with E-state index in [1.807, 2.05) is 36.4 Å². The minimum absolute atomic E-state index is 0.555. The number of hydrogen-bond acceptors (Lipinski definition) is 2. The highest BCUT2D eigenvalue weighted by molar-refractivity contribution is 6.30. The van der Waals surface area contributed by atoms with E-state index in [1.165, 1.54) is 0 Å². The lowest BCUT2D eigenvalue weighted by Gasteiger charge is -2.04. The smallest absolute Gasteiger partial charge is 0.132 e. The number of benzene rings is 1. The normalized spacial score (nSPS) is 10.2. The first kappa shape index (κ1) is 9.99. The van der Waals surface area contributed by atoms with Crippen molar-refractivity contribution in [1.82, 2.24) is 4.98 Å². The second-order valence-electron chi connectivity index (χ2n) is 3.38. The standard InChI is InChI=1S/C12H11ClN2/c13-12-10(4-2-6-15-12)7-9-3-1-5-11(14)8-9/h1-6,8H,7,14H2. The molecule has 2 nitrogen and oxygen atoms in total. The zero-order valence-corrected chi connectivity index (χ0v) is 8.91. The molecule has 0 aliphatic carbocycles. The van der Waals surface area contributed by atoms with E-state index in [2.05, 4.69) is 4.98 Å². The molecule has 1 aromatic carbocycles. The van der Waals surface area contributed by atoms with Crippen molar-refractivity contribution in [2.24, 2.45) is 0 Å². The van der Waals surface area contributed by atoms with Gasteiger partial charge < -0.3 is 5.73 Å². The lowest BCUT2D eigenvalue weighted by atomic mass is 10.1. The van der Waals surface area contributed by atoms with Crippen LogP contribution in [0.5, 0.6) is 0 Å². The molecule has 0 amide bonds. The molecule has 2 N–H and O–H groups in total. The van der Waals surface area contributed by atoms with Gasteiger partial charge in [0.1, 0.15) is 5.15 Å². The Labute approximate surface area is 93.7 Å². The highest BCUT2D eigenvalue weighted by Gasteiger charge is 2.01. The molecule has 1 heterocycles. The number of anilines is 1. The summed E-state index contributed by atoms with van der Waals surface area (Å²) in [4.78, 5) is 4.03. The summed E-state index contributed by atoms with van der Waals surface area (Å²) < 4.78 is 0. The van der Waals surface area contributed by atoms with Gasteiger partial charge in [-0.15, -0.1) is 0 Å². The van der Waals surface area contributed by atoms with E-state index < -0.39 is 0 Å². The molecule has 0 aliphatic heterocycles. The fourth-order valence-electron chi connectivity index (χ4n) is 1.47. The fraction of sp³-hybridized carbons (Fsp3) is 0.0833. The zero-order chi connectivity index (χ0) is 10.7. The Morgan fingerprint density at radius 3 is 2.80 bits per heavy atom. The first-order valence-electron chi connectivity index (χ1n) is 4.69. The van der Waals surface area contributed by atoms with Gasteiger partial charge in [0.15, 0.2) is 0 Å². The summed E-state index contributed by atoms with van der Waals surface area (Å²) in [7, 11) is 0. The van der Waals surface area contributed by atoms with E-state index in [1.54, 1.807) is 6.20 Å². The second kappa shape index (κ2) is 4.32. The van der Waals surface area contributed by atoms with Crippen LogP contribution < -0.4 is 5.73 Å². The maximum absolute atomic E-state index is 5.97. The molecule has 15 heavy (non-hydrogen) atoms. The molecule has 1 aromatic heterocycles. The van der Waals surface area contributed by atoms with Gasteiger partial charge in [-0.2, -0.15) is 0 Å². The summed E-state index contributed by atoms with van der Waals surface area (Å²) in [5, 5.41) is 0.555. The van der Waals surface area contributed by atoms with Crippen LogP contribution in [-0.2, 0) is 6.42 Å². The number of halogens is 1. The lowest BCUT2D eigenvalue weighted by Crippen LogP contribution is -1.92. The van der Waals surface area contributed by atoms with E-state index in [9.17, 15) is 0 Å². The Kier molecular flexibility index (Phi) is 2.88. The molecule has 2 aromatic rings. The van der Waals surface area contributed by atoms with Crippen LogP contribution in [0.15, 0.2) is 42.6 Å². The minimum atomic E-state index is 0.555. The maximum atomic E-state index is 5.97. The summed E-state index contributed by atoms with van der Waals surface area (Å²) in [6.45, 7) is 0. The minimum Gasteiger partial charge on any atom is -0.399 e. The third-order valence-corrected chi connectivity index (χ3v) is 2.52. The van der Waals surface area contributed by atoms with Crippen molar-refractivity contribution in [3.8, 4) is 0 Å². The molecule has 0 unspecified atom stereocenters. The molecule has 2 rings (SSSR count). The van der Waals surface area contributed by atoms with Gasteiger partial charge in [0.2, 0.25) is 0 Å². The van der Waals surface area contributed by atoms with Gasteiger partial charge in [0.25, 0.3) is 0 Å². The third-order valence-electron chi connectivity index (χ3n) is 2.18. The van der Waals surface area contributed by atoms with Gasteiger partial charge in [-0.05, 0) is 29.3 Å². The number of hydrogen-bond donors (Lipinski definition) is 1. The zero-order valence-electron chi connectivity index (χ0n) is 8.15. The maximum Gasteiger partial charge on any atom is 0.132 e. The lowest BCUT2D eigenvalue weighted by molar-refractivity contribution is 1.15. The van der Waals surface area contributed by atoms with Crippen molar-refractivity contribution in [3.05, 3.63) is 58.9 Å². The van der Waals surface area contributed by atoms with Crippen molar-refractivity contribution in [2.45, 2.75) is 6.42 Å². The van der Waals surface area contributed by atoms with Crippen molar-refractivity contribution < 1.29 is 0 Å². The molecular weight excluding hydrogens is 208 g/mol. The molecule has 0 bridgehead atoms. The predicted octanol–water partition coefficient (Wildman–Crippen LogP) is 2.91. The van der Waals surface area contributed by atoms with Crippen molar-refractivity contribution in [1.29, 1.82) is 0 Å². The van der Waals surface area contributed by atoms with Crippen LogP contribution >= 0.6 is 11.6 Å². The first-order valence-corrected chi connectivity index (χ1v) is 5.07.